The zero-order valence-corrected chi connectivity index (χ0v) is 19.9. The molecular formula is C14H23N2O14P3. The van der Waals surface area contributed by atoms with E-state index in [-0.39, 0.29) is 12.8 Å². The van der Waals surface area contributed by atoms with Gasteiger partial charge in [-0.2, -0.15) is 8.62 Å². The van der Waals surface area contributed by atoms with Crippen molar-refractivity contribution >= 4 is 23.5 Å². The molecule has 188 valence electrons. The van der Waals surface area contributed by atoms with Crippen LogP contribution in [0.4, 0.5) is 0 Å². The van der Waals surface area contributed by atoms with Crippen LogP contribution in [0.1, 0.15) is 26.7 Å². The molecule has 6 N–H and O–H groups in total. The molecule has 1 aromatic rings. The number of aromatic nitrogens is 2. The summed E-state index contributed by atoms with van der Waals surface area (Å²) in [5.41, 5.74) is -2.20. The van der Waals surface area contributed by atoms with Crippen molar-refractivity contribution in [3.63, 3.8) is 0 Å². The van der Waals surface area contributed by atoms with Crippen LogP contribution in [0.15, 0.2) is 33.5 Å². The first kappa shape index (κ1) is 28.0. The molecule has 0 saturated carbocycles. The maximum atomic E-state index is 12.3. The molecule has 2 rings (SSSR count). The van der Waals surface area contributed by atoms with Crippen LogP contribution in [-0.4, -0.2) is 53.0 Å². The molecule has 0 aromatic carbocycles. The summed E-state index contributed by atoms with van der Waals surface area (Å²) in [5.74, 6) is 0. The van der Waals surface area contributed by atoms with E-state index in [9.17, 15) is 38.2 Å². The predicted octanol–water partition coefficient (Wildman–Crippen LogP) is 0.0388. The lowest BCUT2D eigenvalue weighted by Gasteiger charge is -2.30. The number of nitrogens with one attached hydrogen (secondary N) is 1. The lowest BCUT2D eigenvalue weighted by Crippen LogP contribution is -2.44. The molecule has 16 nitrogen and oxygen atoms in total. The van der Waals surface area contributed by atoms with Gasteiger partial charge in [0.25, 0.3) is 5.56 Å². The molecule has 1 aliphatic heterocycles. The number of aliphatic hydroxyl groups is 1. The number of H-pyrrole nitrogens is 1. The van der Waals surface area contributed by atoms with E-state index in [0.717, 1.165) is 22.4 Å². The Hall–Kier alpha value is -1.25. The largest absolute Gasteiger partial charge is 0.490 e. The van der Waals surface area contributed by atoms with Gasteiger partial charge >= 0.3 is 29.2 Å². The highest BCUT2D eigenvalue weighted by molar-refractivity contribution is 7.66. The Morgan fingerprint density at radius 1 is 1.21 bits per heavy atom. The number of hydrogen-bond acceptors (Lipinski definition) is 10. The first-order chi connectivity index (χ1) is 14.9. The number of aliphatic hydroxyl groups excluding tert-OH is 1. The van der Waals surface area contributed by atoms with Crippen molar-refractivity contribution in [1.29, 1.82) is 0 Å². The maximum absolute atomic E-state index is 12.3. The molecule has 0 amide bonds. The molecule has 0 aliphatic carbocycles. The van der Waals surface area contributed by atoms with Gasteiger partial charge in [0.1, 0.15) is 6.10 Å². The van der Waals surface area contributed by atoms with Crippen molar-refractivity contribution in [1.82, 2.24) is 9.55 Å². The van der Waals surface area contributed by atoms with Crippen LogP contribution in [0.5, 0.6) is 0 Å². The number of rotatable bonds is 10. The number of aromatic amines is 1. The molecule has 5 atom stereocenters. The zero-order valence-electron chi connectivity index (χ0n) is 17.2. The second kappa shape index (κ2) is 10.2. The number of nitrogens with zero attached hydrogens (tertiary/aromatic N) is 1. The standard InChI is InChI=1S/C14H23N2O14P3/c1-9(2)3-5-14(16-6-4-12(18)15-13(16)19)7-10(17)11(28-14)8-27-32(23,24)30-33(25,26)29-31(20,21)22/h3-4,6,10-11,17H,5,7-8H2,1-2H3,(H,23,24)(H,25,26)(H,15,18,19)(H2,20,21,22)/t10-,11+,14+/m0/s1. The third-order valence-corrected chi connectivity index (χ3v) is 8.04. The quantitative estimate of drug-likeness (QED) is 0.171. The number of phosphoric acid groups is 3. The summed E-state index contributed by atoms with van der Waals surface area (Å²) in [6.45, 7) is 2.63. The van der Waals surface area contributed by atoms with Crippen LogP contribution in [-0.2, 0) is 37.3 Å². The molecule has 1 fully saturated rings. The fraction of sp³-hybridized carbons (Fsp3) is 0.571. The number of allylic oxidation sites excluding steroid dienone is 1. The van der Waals surface area contributed by atoms with Gasteiger partial charge in [-0.05, 0) is 13.8 Å². The number of phosphoric ester groups is 1. The van der Waals surface area contributed by atoms with E-state index < -0.39 is 59.3 Å². The average Bonchev–Trinajstić information content (AvgIpc) is 2.92. The third-order valence-electron chi connectivity index (χ3n) is 4.24. The molecule has 1 aliphatic rings. The molecule has 0 spiro atoms. The minimum absolute atomic E-state index is 0.0457. The first-order valence-corrected chi connectivity index (χ1v) is 13.6. The maximum Gasteiger partial charge on any atom is 0.490 e. The van der Waals surface area contributed by atoms with Gasteiger partial charge in [0.2, 0.25) is 0 Å². The minimum atomic E-state index is -5.71. The highest BCUT2D eigenvalue weighted by Crippen LogP contribution is 2.66. The van der Waals surface area contributed by atoms with E-state index in [1.165, 1.54) is 0 Å². The van der Waals surface area contributed by atoms with Gasteiger partial charge < -0.3 is 29.4 Å². The van der Waals surface area contributed by atoms with Crippen LogP contribution < -0.4 is 11.2 Å². The monoisotopic (exact) mass is 536 g/mol. The minimum Gasteiger partial charge on any atom is -0.390 e. The van der Waals surface area contributed by atoms with Crippen LogP contribution >= 0.6 is 23.5 Å². The van der Waals surface area contributed by atoms with Gasteiger partial charge in [0.05, 0.1) is 12.7 Å². The summed E-state index contributed by atoms with van der Waals surface area (Å²) >= 11 is 0. The SMILES string of the molecule is CC(C)=CC[C@]1(n2ccc(=O)[nH]c2=O)C[C@H](O)[C@@H](COP(=O)(O)OP(=O)(O)OP(=O)(O)O)O1. The Morgan fingerprint density at radius 2 is 1.85 bits per heavy atom. The van der Waals surface area contributed by atoms with E-state index in [0.29, 0.717) is 0 Å². The van der Waals surface area contributed by atoms with E-state index >= 15 is 0 Å². The van der Waals surface area contributed by atoms with E-state index in [1.54, 1.807) is 19.9 Å². The van der Waals surface area contributed by atoms with Crippen molar-refractivity contribution in [3.8, 4) is 0 Å². The lowest BCUT2D eigenvalue weighted by atomic mass is 10.0. The van der Waals surface area contributed by atoms with E-state index in [2.05, 4.69) is 18.1 Å². The Labute approximate surface area is 185 Å². The van der Waals surface area contributed by atoms with Crippen molar-refractivity contribution in [2.24, 2.45) is 0 Å². The molecule has 1 aromatic heterocycles. The summed E-state index contributed by atoms with van der Waals surface area (Å²) in [7, 11) is -16.7. The predicted molar refractivity (Wildman–Crippen MR) is 109 cm³/mol. The molecule has 33 heavy (non-hydrogen) atoms. The second-order valence-electron chi connectivity index (χ2n) is 7.23. The Morgan fingerprint density at radius 3 is 2.39 bits per heavy atom. The fourth-order valence-electron chi connectivity index (χ4n) is 2.97. The van der Waals surface area contributed by atoms with Crippen LogP contribution in [0.25, 0.3) is 0 Å². The molecular weight excluding hydrogens is 513 g/mol. The number of hydrogen-bond donors (Lipinski definition) is 6. The van der Waals surface area contributed by atoms with Crippen molar-refractivity contribution < 1.29 is 56.3 Å². The summed E-state index contributed by atoms with van der Waals surface area (Å²) in [6, 6.07) is 1.06. The molecule has 0 bridgehead atoms. The van der Waals surface area contributed by atoms with Gasteiger partial charge in [-0.25, -0.2) is 18.5 Å². The van der Waals surface area contributed by atoms with E-state index in [4.69, 9.17) is 14.5 Å². The molecule has 19 heteroatoms. The Balaban J connectivity index is 2.22. The van der Waals surface area contributed by atoms with Crippen LogP contribution in [0.3, 0.4) is 0 Å². The molecule has 2 heterocycles. The Kier molecular flexibility index (Phi) is 8.62. The smallest absolute Gasteiger partial charge is 0.390 e. The summed E-state index contributed by atoms with van der Waals surface area (Å²) in [4.78, 5) is 61.7. The fourth-order valence-corrected chi connectivity index (χ4v) is 6.00. The van der Waals surface area contributed by atoms with Gasteiger partial charge in [0.15, 0.2) is 5.72 Å². The lowest BCUT2D eigenvalue weighted by molar-refractivity contribution is -0.116. The second-order valence-corrected chi connectivity index (χ2v) is 11.6. The summed E-state index contributed by atoms with van der Waals surface area (Å²) < 4.78 is 52.5. The van der Waals surface area contributed by atoms with Crippen LogP contribution in [0, 0.1) is 0 Å². The molecule has 1 saturated heterocycles. The van der Waals surface area contributed by atoms with Crippen molar-refractivity contribution in [2.45, 2.75) is 44.6 Å². The Bertz CT molecular complexity index is 1150. The van der Waals surface area contributed by atoms with Gasteiger partial charge in [-0.1, -0.05) is 11.6 Å². The molecule has 2 unspecified atom stereocenters. The zero-order chi connectivity index (χ0) is 25.2. The van der Waals surface area contributed by atoms with Crippen molar-refractivity contribution in [2.75, 3.05) is 6.61 Å². The van der Waals surface area contributed by atoms with Crippen LogP contribution in [0.2, 0.25) is 0 Å². The summed E-state index contributed by atoms with van der Waals surface area (Å²) in [6.07, 6.45) is -0.0649. The van der Waals surface area contributed by atoms with Gasteiger partial charge in [-0.3, -0.25) is 18.9 Å². The summed E-state index contributed by atoms with van der Waals surface area (Å²) in [5, 5.41) is 10.4. The highest BCUT2D eigenvalue weighted by Gasteiger charge is 2.49. The van der Waals surface area contributed by atoms with E-state index in [1.807, 2.05) is 0 Å². The first-order valence-electron chi connectivity index (χ1n) is 9.04. The third kappa shape index (κ3) is 8.18. The molecule has 0 radical (unpaired) electrons. The average molecular weight is 536 g/mol. The van der Waals surface area contributed by atoms with Gasteiger partial charge in [-0.15, -0.1) is 0 Å². The van der Waals surface area contributed by atoms with Gasteiger partial charge in [0, 0.05) is 25.1 Å². The normalized spacial score (nSPS) is 27.0. The number of ether oxygens (including phenoxy) is 1. The highest BCUT2D eigenvalue weighted by atomic mass is 31.3. The topological polar surface area (TPSA) is 244 Å². The van der Waals surface area contributed by atoms with Crippen molar-refractivity contribution in [3.05, 3.63) is 44.8 Å².